The molecule has 0 aliphatic rings. The van der Waals surface area contributed by atoms with Crippen molar-refractivity contribution >= 4 is 21.6 Å². The second kappa shape index (κ2) is 5.10. The van der Waals surface area contributed by atoms with Gasteiger partial charge in [0.1, 0.15) is 0 Å². The number of benzene rings is 1. The number of hydrogen-bond acceptors (Lipinski definition) is 2. The molecule has 76 valence electrons. The van der Waals surface area contributed by atoms with Gasteiger partial charge in [-0.1, -0.05) is 28.1 Å². The molecule has 14 heavy (non-hydrogen) atoms. The van der Waals surface area contributed by atoms with Crippen molar-refractivity contribution in [2.24, 2.45) is 0 Å². The van der Waals surface area contributed by atoms with Gasteiger partial charge in [-0.15, -0.1) is 0 Å². The van der Waals surface area contributed by atoms with Gasteiger partial charge in [-0.2, -0.15) is 0 Å². The van der Waals surface area contributed by atoms with Gasteiger partial charge in [0.2, 0.25) is 0 Å². The monoisotopic (exact) mass is 257 g/mol. The Morgan fingerprint density at radius 2 is 2.21 bits per heavy atom. The van der Waals surface area contributed by atoms with E-state index in [1.807, 2.05) is 13.0 Å². The maximum atomic E-state index is 10.7. The summed E-state index contributed by atoms with van der Waals surface area (Å²) in [6.07, 6.45) is 1.68. The average Bonchev–Trinajstić information content (AvgIpc) is 2.15. The Bertz CT molecular complexity index is 339. The molecule has 4 heteroatoms. The molecule has 0 spiro atoms. The van der Waals surface area contributed by atoms with E-state index < -0.39 is 0 Å². The lowest BCUT2D eigenvalue weighted by Gasteiger charge is -2.04. The summed E-state index contributed by atoms with van der Waals surface area (Å²) in [5.41, 5.74) is 2.10. The summed E-state index contributed by atoms with van der Waals surface area (Å²) in [6.45, 7) is 1.91. The topological polar surface area (TPSA) is 43.1 Å². The number of aryl methyl sites for hydroxylation is 1. The van der Waals surface area contributed by atoms with Crippen molar-refractivity contribution in [3.8, 4) is 0 Å². The highest BCUT2D eigenvalue weighted by atomic mass is 79.9. The summed E-state index contributed by atoms with van der Waals surface area (Å²) in [5, 5.41) is 11.6. The van der Waals surface area contributed by atoms with E-state index in [0.29, 0.717) is 0 Å². The van der Waals surface area contributed by atoms with Crippen molar-refractivity contribution in [2.75, 3.05) is 5.33 Å². The zero-order valence-electron chi connectivity index (χ0n) is 8.00. The lowest BCUT2D eigenvalue weighted by atomic mass is 10.0. The third-order valence-corrected chi connectivity index (χ3v) is 2.70. The van der Waals surface area contributed by atoms with E-state index in [4.69, 9.17) is 0 Å². The Balaban J connectivity index is 3.02. The van der Waals surface area contributed by atoms with Crippen LogP contribution < -0.4 is 0 Å². The van der Waals surface area contributed by atoms with Crippen molar-refractivity contribution in [2.45, 2.75) is 19.8 Å². The molecular weight excluding hydrogens is 246 g/mol. The number of nitro groups is 1. The molecule has 0 atom stereocenters. The highest BCUT2D eigenvalue weighted by Gasteiger charge is 2.14. The normalized spacial score (nSPS) is 10.1. The first-order chi connectivity index (χ1) is 6.66. The SMILES string of the molecule is Cc1cccc([N+](=O)[O-])c1CCCBr. The predicted octanol–water partition coefficient (Wildman–Crippen LogP) is 3.23. The van der Waals surface area contributed by atoms with E-state index in [-0.39, 0.29) is 10.6 Å². The van der Waals surface area contributed by atoms with Gasteiger partial charge in [-0.25, -0.2) is 0 Å². The first kappa shape index (κ1) is 11.2. The molecule has 0 fully saturated rings. The zero-order chi connectivity index (χ0) is 10.6. The van der Waals surface area contributed by atoms with Gasteiger partial charge in [0.15, 0.2) is 0 Å². The molecule has 1 aromatic rings. The van der Waals surface area contributed by atoms with Crippen molar-refractivity contribution in [3.05, 3.63) is 39.4 Å². The number of rotatable bonds is 4. The quantitative estimate of drug-likeness (QED) is 0.472. The van der Waals surface area contributed by atoms with E-state index >= 15 is 0 Å². The van der Waals surface area contributed by atoms with Crippen molar-refractivity contribution in [1.29, 1.82) is 0 Å². The molecule has 0 radical (unpaired) electrons. The maximum Gasteiger partial charge on any atom is 0.272 e. The fraction of sp³-hybridized carbons (Fsp3) is 0.400. The second-order valence-electron chi connectivity index (χ2n) is 3.12. The Morgan fingerprint density at radius 1 is 1.50 bits per heavy atom. The molecule has 0 aliphatic heterocycles. The molecule has 0 saturated carbocycles. The lowest BCUT2D eigenvalue weighted by Crippen LogP contribution is -1.98. The lowest BCUT2D eigenvalue weighted by molar-refractivity contribution is -0.385. The minimum absolute atomic E-state index is 0.242. The molecule has 0 heterocycles. The third kappa shape index (κ3) is 2.54. The fourth-order valence-corrected chi connectivity index (χ4v) is 1.71. The van der Waals surface area contributed by atoms with Crippen LogP contribution in [0.3, 0.4) is 0 Å². The van der Waals surface area contributed by atoms with Gasteiger partial charge >= 0.3 is 0 Å². The second-order valence-corrected chi connectivity index (χ2v) is 3.92. The highest BCUT2D eigenvalue weighted by molar-refractivity contribution is 9.09. The van der Waals surface area contributed by atoms with E-state index in [2.05, 4.69) is 15.9 Å². The van der Waals surface area contributed by atoms with E-state index in [1.165, 1.54) is 0 Å². The molecule has 0 amide bonds. The van der Waals surface area contributed by atoms with Crippen LogP contribution in [0.5, 0.6) is 0 Å². The number of halogens is 1. The first-order valence-electron chi connectivity index (χ1n) is 4.45. The molecule has 0 saturated heterocycles. The standard InChI is InChI=1S/C10H12BrNO2/c1-8-4-2-6-10(12(13)14)9(8)5-3-7-11/h2,4,6H,3,5,7H2,1H3. The molecule has 1 aromatic carbocycles. The van der Waals surface area contributed by atoms with Crippen LogP contribution in [0.4, 0.5) is 5.69 Å². The predicted molar refractivity (Wildman–Crippen MR) is 59.9 cm³/mol. The van der Waals surface area contributed by atoms with Gasteiger partial charge in [0, 0.05) is 17.0 Å². The number of hydrogen-bond donors (Lipinski definition) is 0. The van der Waals surface area contributed by atoms with Crippen LogP contribution in [-0.2, 0) is 6.42 Å². The largest absolute Gasteiger partial charge is 0.272 e. The molecule has 0 aliphatic carbocycles. The Hall–Kier alpha value is -0.900. The summed E-state index contributed by atoms with van der Waals surface area (Å²) in [4.78, 5) is 10.4. The number of alkyl halides is 1. The molecule has 1 rings (SSSR count). The van der Waals surface area contributed by atoms with Gasteiger partial charge in [0.05, 0.1) is 4.92 Å². The summed E-state index contributed by atoms with van der Waals surface area (Å²) < 4.78 is 0. The Morgan fingerprint density at radius 3 is 2.79 bits per heavy atom. The maximum absolute atomic E-state index is 10.7. The van der Waals surface area contributed by atoms with Crippen LogP contribution in [-0.4, -0.2) is 10.3 Å². The first-order valence-corrected chi connectivity index (χ1v) is 5.58. The highest BCUT2D eigenvalue weighted by Crippen LogP contribution is 2.23. The summed E-state index contributed by atoms with van der Waals surface area (Å²) in [7, 11) is 0. The number of nitro benzene ring substituents is 1. The zero-order valence-corrected chi connectivity index (χ0v) is 9.58. The third-order valence-electron chi connectivity index (χ3n) is 2.14. The Kier molecular flexibility index (Phi) is 4.07. The van der Waals surface area contributed by atoms with Crippen molar-refractivity contribution < 1.29 is 4.92 Å². The van der Waals surface area contributed by atoms with Crippen LogP contribution in [0.2, 0.25) is 0 Å². The molecular formula is C10H12BrNO2. The molecule has 3 nitrogen and oxygen atoms in total. The van der Waals surface area contributed by atoms with Crippen LogP contribution in [0.15, 0.2) is 18.2 Å². The van der Waals surface area contributed by atoms with Crippen LogP contribution >= 0.6 is 15.9 Å². The molecule has 0 aromatic heterocycles. The van der Waals surface area contributed by atoms with Crippen LogP contribution in [0.1, 0.15) is 17.5 Å². The molecule has 0 bridgehead atoms. The minimum Gasteiger partial charge on any atom is -0.258 e. The van der Waals surface area contributed by atoms with Crippen LogP contribution in [0, 0.1) is 17.0 Å². The average molecular weight is 258 g/mol. The molecule has 0 N–H and O–H groups in total. The van der Waals surface area contributed by atoms with E-state index in [9.17, 15) is 10.1 Å². The summed E-state index contributed by atoms with van der Waals surface area (Å²) >= 11 is 3.32. The van der Waals surface area contributed by atoms with Crippen molar-refractivity contribution in [3.63, 3.8) is 0 Å². The summed E-state index contributed by atoms with van der Waals surface area (Å²) in [5.74, 6) is 0. The van der Waals surface area contributed by atoms with Gasteiger partial charge in [0.25, 0.3) is 5.69 Å². The van der Waals surface area contributed by atoms with Gasteiger partial charge < -0.3 is 0 Å². The van der Waals surface area contributed by atoms with E-state index in [1.54, 1.807) is 12.1 Å². The van der Waals surface area contributed by atoms with E-state index in [0.717, 1.165) is 29.3 Å². The Labute approximate surface area is 91.4 Å². The fourth-order valence-electron chi connectivity index (χ4n) is 1.43. The summed E-state index contributed by atoms with van der Waals surface area (Å²) in [6, 6.07) is 5.21. The van der Waals surface area contributed by atoms with Gasteiger partial charge in [-0.3, -0.25) is 10.1 Å². The molecule has 0 unspecified atom stereocenters. The van der Waals surface area contributed by atoms with Crippen molar-refractivity contribution in [1.82, 2.24) is 0 Å². The van der Waals surface area contributed by atoms with Gasteiger partial charge in [-0.05, 0) is 25.3 Å². The number of nitrogens with zero attached hydrogens (tertiary/aromatic N) is 1. The van der Waals surface area contributed by atoms with Crippen LogP contribution in [0.25, 0.3) is 0 Å². The smallest absolute Gasteiger partial charge is 0.258 e. The minimum atomic E-state index is -0.309.